The minimum atomic E-state index is -0.239. The van der Waals surface area contributed by atoms with Crippen LogP contribution in [0, 0.1) is 0 Å². The first-order valence-electron chi connectivity index (χ1n) is 8.50. The number of hydrogen-bond donors (Lipinski definition) is 0. The SMILES string of the molecule is c1ccc2c(c1)N(Cc1ncon1)CC21COc2cc3c(cc21)OCO3. The second kappa shape index (κ2) is 4.91. The van der Waals surface area contributed by atoms with E-state index in [-0.39, 0.29) is 12.2 Å². The van der Waals surface area contributed by atoms with Gasteiger partial charge in [-0.25, -0.2) is 0 Å². The summed E-state index contributed by atoms with van der Waals surface area (Å²) < 4.78 is 22.1. The molecule has 130 valence electrons. The fourth-order valence-electron chi connectivity index (χ4n) is 4.27. The Morgan fingerprint density at radius 2 is 1.88 bits per heavy atom. The van der Waals surface area contributed by atoms with Crippen LogP contribution in [-0.2, 0) is 12.0 Å². The van der Waals surface area contributed by atoms with Crippen LogP contribution in [0.5, 0.6) is 17.2 Å². The van der Waals surface area contributed by atoms with Gasteiger partial charge >= 0.3 is 0 Å². The zero-order valence-corrected chi connectivity index (χ0v) is 13.8. The van der Waals surface area contributed by atoms with Crippen LogP contribution in [0.4, 0.5) is 5.69 Å². The number of anilines is 1. The van der Waals surface area contributed by atoms with Crippen LogP contribution in [0.25, 0.3) is 0 Å². The van der Waals surface area contributed by atoms with E-state index in [9.17, 15) is 0 Å². The first kappa shape index (κ1) is 14.0. The molecule has 26 heavy (non-hydrogen) atoms. The molecule has 1 spiro atoms. The van der Waals surface area contributed by atoms with Crippen molar-refractivity contribution in [3.05, 3.63) is 59.7 Å². The van der Waals surface area contributed by atoms with Gasteiger partial charge in [0.15, 0.2) is 17.3 Å². The molecule has 0 bridgehead atoms. The van der Waals surface area contributed by atoms with Crippen molar-refractivity contribution in [2.45, 2.75) is 12.0 Å². The van der Waals surface area contributed by atoms with Crippen molar-refractivity contribution < 1.29 is 18.7 Å². The second-order valence-corrected chi connectivity index (χ2v) is 6.79. The van der Waals surface area contributed by atoms with Gasteiger partial charge in [0.2, 0.25) is 13.2 Å². The van der Waals surface area contributed by atoms with E-state index in [1.54, 1.807) is 0 Å². The number of nitrogens with zero attached hydrogens (tertiary/aromatic N) is 3. The minimum absolute atomic E-state index is 0.239. The number of benzene rings is 2. The molecule has 1 atom stereocenters. The van der Waals surface area contributed by atoms with Gasteiger partial charge in [0.1, 0.15) is 12.4 Å². The van der Waals surface area contributed by atoms with Crippen molar-refractivity contribution in [1.82, 2.24) is 10.1 Å². The molecular formula is C19H15N3O4. The summed E-state index contributed by atoms with van der Waals surface area (Å²) in [4.78, 5) is 6.45. The molecule has 3 aromatic rings. The maximum absolute atomic E-state index is 6.09. The molecule has 0 N–H and O–H groups in total. The van der Waals surface area contributed by atoms with E-state index in [2.05, 4.69) is 45.4 Å². The van der Waals surface area contributed by atoms with E-state index < -0.39 is 0 Å². The van der Waals surface area contributed by atoms with Crippen LogP contribution in [0.1, 0.15) is 17.0 Å². The van der Waals surface area contributed by atoms with Crippen molar-refractivity contribution >= 4 is 5.69 Å². The van der Waals surface area contributed by atoms with Gasteiger partial charge in [0, 0.05) is 23.9 Å². The highest BCUT2D eigenvalue weighted by atomic mass is 16.7. The fourth-order valence-corrected chi connectivity index (χ4v) is 4.27. The summed E-state index contributed by atoms with van der Waals surface area (Å²) in [5.41, 5.74) is 3.33. The molecule has 0 aliphatic carbocycles. The molecule has 3 aliphatic rings. The molecule has 6 rings (SSSR count). The van der Waals surface area contributed by atoms with Crippen LogP contribution in [-0.4, -0.2) is 30.1 Å². The smallest absolute Gasteiger partial charge is 0.231 e. The van der Waals surface area contributed by atoms with Crippen molar-refractivity contribution in [2.24, 2.45) is 0 Å². The largest absolute Gasteiger partial charge is 0.492 e. The van der Waals surface area contributed by atoms with Gasteiger partial charge < -0.3 is 23.6 Å². The van der Waals surface area contributed by atoms with Crippen LogP contribution in [0.2, 0.25) is 0 Å². The number of rotatable bonds is 2. The number of hydrogen-bond acceptors (Lipinski definition) is 7. The summed E-state index contributed by atoms with van der Waals surface area (Å²) in [5, 5.41) is 3.96. The van der Waals surface area contributed by atoms with Crippen LogP contribution in [0.3, 0.4) is 0 Å². The monoisotopic (exact) mass is 349 g/mol. The molecule has 3 aliphatic heterocycles. The van der Waals surface area contributed by atoms with Gasteiger partial charge in [-0.2, -0.15) is 4.98 Å². The summed E-state index contributed by atoms with van der Waals surface area (Å²) in [6, 6.07) is 12.4. The predicted molar refractivity (Wildman–Crippen MR) is 90.6 cm³/mol. The van der Waals surface area contributed by atoms with Crippen LogP contribution < -0.4 is 19.1 Å². The van der Waals surface area contributed by atoms with Gasteiger partial charge in [-0.3, -0.25) is 0 Å². The molecule has 4 heterocycles. The summed E-state index contributed by atoms with van der Waals surface area (Å²) in [6.45, 7) is 2.22. The maximum Gasteiger partial charge on any atom is 0.231 e. The lowest BCUT2D eigenvalue weighted by Gasteiger charge is -2.24. The van der Waals surface area contributed by atoms with Crippen molar-refractivity contribution in [3.8, 4) is 17.2 Å². The number of aromatic nitrogens is 2. The van der Waals surface area contributed by atoms with Crippen LogP contribution >= 0.6 is 0 Å². The summed E-state index contributed by atoms with van der Waals surface area (Å²) in [7, 11) is 0. The van der Waals surface area contributed by atoms with Gasteiger partial charge in [-0.05, 0) is 17.7 Å². The lowest BCUT2D eigenvalue weighted by atomic mass is 9.77. The van der Waals surface area contributed by atoms with Crippen LogP contribution in [0.15, 0.2) is 47.3 Å². The molecule has 1 aromatic heterocycles. The Hall–Kier alpha value is -3.22. The minimum Gasteiger partial charge on any atom is -0.492 e. The lowest BCUT2D eigenvalue weighted by Crippen LogP contribution is -2.36. The standard InChI is InChI=1S/C19H15N3O4/c1-2-4-14-12(3-1)19(8-22(14)7-18-20-10-26-21-18)9-23-15-6-17-16(5-13(15)19)24-11-25-17/h1-6,10H,7-9,11H2. The molecule has 1 unspecified atom stereocenters. The molecule has 0 amide bonds. The first-order valence-corrected chi connectivity index (χ1v) is 8.50. The normalized spacial score (nSPS) is 21.8. The van der Waals surface area contributed by atoms with Crippen molar-refractivity contribution in [3.63, 3.8) is 0 Å². The Morgan fingerprint density at radius 3 is 2.77 bits per heavy atom. The number of ether oxygens (including phenoxy) is 3. The first-order chi connectivity index (χ1) is 12.8. The Kier molecular flexibility index (Phi) is 2.64. The highest BCUT2D eigenvalue weighted by Gasteiger charge is 2.50. The molecular weight excluding hydrogens is 334 g/mol. The van der Waals surface area contributed by atoms with Gasteiger partial charge in [0.05, 0.1) is 12.0 Å². The number of fused-ring (bicyclic) bond motifs is 5. The molecule has 0 fully saturated rings. The third kappa shape index (κ3) is 1.77. The Balaban J connectivity index is 1.48. The molecule has 0 saturated heterocycles. The van der Waals surface area contributed by atoms with E-state index in [1.807, 2.05) is 6.07 Å². The maximum atomic E-state index is 6.09. The van der Waals surface area contributed by atoms with E-state index in [4.69, 9.17) is 18.7 Å². The molecule has 0 saturated carbocycles. The zero-order chi connectivity index (χ0) is 17.1. The fraction of sp³-hybridized carbons (Fsp3) is 0.263. The third-order valence-electron chi connectivity index (χ3n) is 5.42. The topological polar surface area (TPSA) is 69.9 Å². The van der Waals surface area contributed by atoms with E-state index in [1.165, 1.54) is 17.6 Å². The molecule has 2 aromatic carbocycles. The van der Waals surface area contributed by atoms with Crippen molar-refractivity contribution in [1.29, 1.82) is 0 Å². The Bertz CT molecular complexity index is 1000. The van der Waals surface area contributed by atoms with Gasteiger partial charge in [-0.1, -0.05) is 23.4 Å². The van der Waals surface area contributed by atoms with E-state index in [0.29, 0.717) is 19.0 Å². The second-order valence-electron chi connectivity index (χ2n) is 6.79. The lowest BCUT2D eigenvalue weighted by molar-refractivity contribution is 0.173. The average molecular weight is 349 g/mol. The zero-order valence-electron chi connectivity index (χ0n) is 13.8. The van der Waals surface area contributed by atoms with E-state index >= 15 is 0 Å². The summed E-state index contributed by atoms with van der Waals surface area (Å²) in [5.74, 6) is 3.06. The highest BCUT2D eigenvalue weighted by Crippen LogP contribution is 2.54. The highest BCUT2D eigenvalue weighted by molar-refractivity contribution is 5.70. The average Bonchev–Trinajstić information content (AvgIpc) is 3.44. The molecule has 7 nitrogen and oxygen atoms in total. The van der Waals surface area contributed by atoms with Gasteiger partial charge in [0.25, 0.3) is 0 Å². The van der Waals surface area contributed by atoms with Crippen molar-refractivity contribution in [2.75, 3.05) is 24.8 Å². The quantitative estimate of drug-likeness (QED) is 0.704. The molecule has 7 heteroatoms. The predicted octanol–water partition coefficient (Wildman–Crippen LogP) is 2.50. The summed E-state index contributed by atoms with van der Waals surface area (Å²) >= 11 is 0. The van der Waals surface area contributed by atoms with Gasteiger partial charge in [-0.15, -0.1) is 0 Å². The number of para-hydroxylation sites is 1. The van der Waals surface area contributed by atoms with E-state index in [0.717, 1.165) is 29.4 Å². The summed E-state index contributed by atoms with van der Waals surface area (Å²) in [6.07, 6.45) is 1.36. The molecule has 0 radical (unpaired) electrons. The Morgan fingerprint density at radius 1 is 1.00 bits per heavy atom. The Labute approximate surface area is 149 Å². The third-order valence-corrected chi connectivity index (χ3v) is 5.42.